The van der Waals surface area contributed by atoms with Gasteiger partial charge in [-0.1, -0.05) is 36.0 Å². The van der Waals surface area contributed by atoms with Crippen molar-refractivity contribution < 1.29 is 14.0 Å². The van der Waals surface area contributed by atoms with Crippen molar-refractivity contribution in [1.82, 2.24) is 20.2 Å². The lowest BCUT2D eigenvalue weighted by molar-refractivity contribution is -0.119. The molecule has 0 radical (unpaired) electrons. The van der Waals surface area contributed by atoms with Crippen LogP contribution in [0, 0.1) is 5.82 Å². The molecule has 0 aliphatic heterocycles. The molecule has 9 heteroatoms. The van der Waals surface area contributed by atoms with Gasteiger partial charge in [0.25, 0.3) is 5.56 Å². The maximum Gasteiger partial charge on any atom is 0.321 e. The number of nitrogens with zero attached hydrogens (tertiary/aromatic N) is 2. The zero-order valence-corrected chi connectivity index (χ0v) is 16.6. The highest BCUT2D eigenvalue weighted by Crippen LogP contribution is 2.26. The fraction of sp³-hybridized carbons (Fsp3) is 0.200. The minimum absolute atomic E-state index is 0.0367. The SMILES string of the molecule is CCNC(=O)NC(=O)[C@H](C)Sc1nc2ccccc2c(=O)n1-c1ccccc1F. The number of carbonyl (C=O) groups is 2. The highest BCUT2D eigenvalue weighted by Gasteiger charge is 2.22. The van der Waals surface area contributed by atoms with Crippen molar-refractivity contribution in [2.75, 3.05) is 6.54 Å². The maximum absolute atomic E-state index is 14.5. The fourth-order valence-electron chi connectivity index (χ4n) is 2.67. The first-order valence-corrected chi connectivity index (χ1v) is 9.82. The summed E-state index contributed by atoms with van der Waals surface area (Å²) in [6.45, 7) is 3.68. The van der Waals surface area contributed by atoms with E-state index in [9.17, 15) is 18.8 Å². The van der Waals surface area contributed by atoms with E-state index in [1.807, 2.05) is 0 Å². The van der Waals surface area contributed by atoms with Gasteiger partial charge in [-0.2, -0.15) is 0 Å². The number of hydrogen-bond donors (Lipinski definition) is 2. The van der Waals surface area contributed by atoms with Crippen LogP contribution in [-0.4, -0.2) is 33.3 Å². The minimum atomic E-state index is -0.760. The summed E-state index contributed by atoms with van der Waals surface area (Å²) in [7, 11) is 0. The van der Waals surface area contributed by atoms with Crippen molar-refractivity contribution in [3.05, 3.63) is 64.7 Å². The van der Waals surface area contributed by atoms with Crippen LogP contribution >= 0.6 is 11.8 Å². The second-order valence-electron chi connectivity index (χ2n) is 6.11. The number of rotatable bonds is 5. The summed E-state index contributed by atoms with van der Waals surface area (Å²) < 4.78 is 15.6. The van der Waals surface area contributed by atoms with E-state index in [-0.39, 0.29) is 10.8 Å². The van der Waals surface area contributed by atoms with Gasteiger partial charge in [-0.3, -0.25) is 19.5 Å². The molecule has 1 aromatic heterocycles. The standard InChI is InChI=1S/C20H19FN4O3S/c1-3-22-19(28)24-17(26)12(2)29-20-23-15-10-6-4-8-13(15)18(27)25(20)16-11-7-5-9-14(16)21/h4-12H,3H2,1-2H3,(H2,22,24,26,28)/t12-/m0/s1. The summed E-state index contributed by atoms with van der Waals surface area (Å²) in [6, 6.07) is 12.0. The highest BCUT2D eigenvalue weighted by molar-refractivity contribution is 8.00. The van der Waals surface area contributed by atoms with E-state index in [2.05, 4.69) is 15.6 Å². The van der Waals surface area contributed by atoms with Crippen molar-refractivity contribution in [1.29, 1.82) is 0 Å². The van der Waals surface area contributed by atoms with Crippen molar-refractivity contribution in [3.63, 3.8) is 0 Å². The number of hydrogen-bond acceptors (Lipinski definition) is 5. The van der Waals surface area contributed by atoms with Crippen LogP contribution in [0.1, 0.15) is 13.8 Å². The molecule has 2 aromatic carbocycles. The summed E-state index contributed by atoms with van der Waals surface area (Å²) in [5.74, 6) is -1.14. The molecule has 0 unspecified atom stereocenters. The zero-order chi connectivity index (χ0) is 21.0. The van der Waals surface area contributed by atoms with Crippen molar-refractivity contribution in [2.24, 2.45) is 0 Å². The van der Waals surface area contributed by atoms with Gasteiger partial charge in [-0.05, 0) is 38.1 Å². The second kappa shape index (κ2) is 8.87. The first-order chi connectivity index (χ1) is 13.9. The Morgan fingerprint density at radius 1 is 1.17 bits per heavy atom. The van der Waals surface area contributed by atoms with Crippen LogP contribution in [0.3, 0.4) is 0 Å². The van der Waals surface area contributed by atoms with E-state index in [4.69, 9.17) is 0 Å². The number of urea groups is 1. The van der Waals surface area contributed by atoms with E-state index in [0.29, 0.717) is 17.4 Å². The molecule has 0 aliphatic rings. The second-order valence-corrected chi connectivity index (χ2v) is 7.42. The van der Waals surface area contributed by atoms with E-state index in [1.54, 1.807) is 44.2 Å². The van der Waals surface area contributed by atoms with E-state index < -0.39 is 28.6 Å². The maximum atomic E-state index is 14.5. The van der Waals surface area contributed by atoms with Gasteiger partial charge in [0.05, 0.1) is 21.8 Å². The van der Waals surface area contributed by atoms with Crippen molar-refractivity contribution in [2.45, 2.75) is 24.3 Å². The summed E-state index contributed by atoms with van der Waals surface area (Å²) in [6.07, 6.45) is 0. The molecule has 1 heterocycles. The van der Waals surface area contributed by atoms with Gasteiger partial charge in [0.15, 0.2) is 5.16 Å². The molecule has 3 aromatic rings. The third-order valence-corrected chi connectivity index (χ3v) is 5.12. The van der Waals surface area contributed by atoms with Gasteiger partial charge in [0.2, 0.25) is 5.91 Å². The quantitative estimate of drug-likeness (QED) is 0.495. The van der Waals surface area contributed by atoms with Gasteiger partial charge in [0, 0.05) is 6.54 Å². The van der Waals surface area contributed by atoms with Gasteiger partial charge in [-0.15, -0.1) is 0 Å². The molecule has 150 valence electrons. The number of thioether (sulfide) groups is 1. The Kier molecular flexibility index (Phi) is 6.28. The van der Waals surface area contributed by atoms with Gasteiger partial charge < -0.3 is 5.32 Å². The Morgan fingerprint density at radius 2 is 1.86 bits per heavy atom. The number of para-hydroxylation sites is 2. The van der Waals surface area contributed by atoms with Gasteiger partial charge in [0.1, 0.15) is 5.82 Å². The smallest absolute Gasteiger partial charge is 0.321 e. The molecular formula is C20H19FN4O3S. The zero-order valence-electron chi connectivity index (χ0n) is 15.8. The number of nitrogens with one attached hydrogen (secondary N) is 2. The average Bonchev–Trinajstić information content (AvgIpc) is 2.69. The number of fused-ring (bicyclic) bond motifs is 1. The summed E-state index contributed by atoms with van der Waals surface area (Å²) in [5, 5.41) is 4.42. The van der Waals surface area contributed by atoms with E-state index in [0.717, 1.165) is 16.3 Å². The lowest BCUT2D eigenvalue weighted by atomic mass is 10.2. The Balaban J connectivity index is 2.06. The third kappa shape index (κ3) is 4.45. The number of carbonyl (C=O) groups excluding carboxylic acids is 2. The van der Waals surface area contributed by atoms with Crippen LogP contribution in [0.4, 0.5) is 9.18 Å². The van der Waals surface area contributed by atoms with Crippen LogP contribution < -0.4 is 16.2 Å². The molecule has 0 saturated carbocycles. The topological polar surface area (TPSA) is 93.1 Å². The Bertz CT molecular complexity index is 1130. The molecule has 0 fully saturated rings. The van der Waals surface area contributed by atoms with Crippen LogP contribution in [0.25, 0.3) is 16.6 Å². The Morgan fingerprint density at radius 3 is 2.59 bits per heavy atom. The molecule has 0 spiro atoms. The predicted octanol–water partition coefficient (Wildman–Crippen LogP) is 2.85. The lowest BCUT2D eigenvalue weighted by Gasteiger charge is -2.16. The van der Waals surface area contributed by atoms with Gasteiger partial charge in [-0.25, -0.2) is 14.2 Å². The van der Waals surface area contributed by atoms with E-state index in [1.165, 1.54) is 18.2 Å². The van der Waals surface area contributed by atoms with Gasteiger partial charge >= 0.3 is 6.03 Å². The molecule has 1 atom stereocenters. The number of benzene rings is 2. The Labute approximate surface area is 170 Å². The number of aromatic nitrogens is 2. The summed E-state index contributed by atoms with van der Waals surface area (Å²) in [4.78, 5) is 41.5. The molecule has 0 bridgehead atoms. The molecule has 0 aliphatic carbocycles. The minimum Gasteiger partial charge on any atom is -0.338 e. The largest absolute Gasteiger partial charge is 0.338 e. The monoisotopic (exact) mass is 414 g/mol. The molecule has 29 heavy (non-hydrogen) atoms. The molecular weight excluding hydrogens is 395 g/mol. The molecule has 0 saturated heterocycles. The van der Waals surface area contributed by atoms with Crippen molar-refractivity contribution in [3.8, 4) is 5.69 Å². The highest BCUT2D eigenvalue weighted by atomic mass is 32.2. The molecule has 3 amide bonds. The van der Waals surface area contributed by atoms with E-state index >= 15 is 0 Å². The average molecular weight is 414 g/mol. The summed E-state index contributed by atoms with van der Waals surface area (Å²) >= 11 is 0.964. The summed E-state index contributed by atoms with van der Waals surface area (Å²) in [5.41, 5.74) is 0.0260. The number of halogens is 1. The predicted molar refractivity (Wildman–Crippen MR) is 110 cm³/mol. The third-order valence-electron chi connectivity index (χ3n) is 4.06. The molecule has 2 N–H and O–H groups in total. The molecule has 7 nitrogen and oxygen atoms in total. The normalized spacial score (nSPS) is 11.8. The van der Waals surface area contributed by atoms with Crippen LogP contribution in [0.5, 0.6) is 0 Å². The number of amides is 3. The van der Waals surface area contributed by atoms with Crippen molar-refractivity contribution >= 4 is 34.6 Å². The Hall–Kier alpha value is -3.20. The fourth-order valence-corrected chi connectivity index (χ4v) is 3.59. The first-order valence-electron chi connectivity index (χ1n) is 8.94. The first kappa shape index (κ1) is 20.5. The number of imide groups is 1. The lowest BCUT2D eigenvalue weighted by Crippen LogP contribution is -2.42. The van der Waals surface area contributed by atoms with Crippen LogP contribution in [0.2, 0.25) is 0 Å². The van der Waals surface area contributed by atoms with Crippen LogP contribution in [0.15, 0.2) is 58.5 Å². The molecule has 3 rings (SSSR count). The van der Waals surface area contributed by atoms with Crippen LogP contribution in [-0.2, 0) is 4.79 Å².